The van der Waals surface area contributed by atoms with Crippen LogP contribution in [0.25, 0.3) is 0 Å². The molecule has 0 amide bonds. The average molecular weight is 244 g/mol. The minimum atomic E-state index is 0.0716. The van der Waals surface area contributed by atoms with Gasteiger partial charge in [-0.15, -0.1) is 0 Å². The molecule has 13 heavy (non-hydrogen) atoms. The number of fused-ring (bicyclic) bond motifs is 1. The van der Waals surface area contributed by atoms with E-state index in [1.165, 1.54) is 11.3 Å². The normalized spacial score (nSPS) is 16.3. The second-order valence-corrected chi connectivity index (χ2v) is 5.15. The molecule has 1 aromatic heterocycles. The maximum Gasteiger partial charge on any atom is 0.132 e. The number of rotatable bonds is 0. The molecule has 3 nitrogen and oxygen atoms in total. The van der Waals surface area contributed by atoms with E-state index in [2.05, 4.69) is 51.8 Å². The van der Waals surface area contributed by atoms with E-state index in [0.29, 0.717) is 0 Å². The van der Waals surface area contributed by atoms with E-state index >= 15 is 0 Å². The highest BCUT2D eigenvalue weighted by molar-refractivity contribution is 9.10. The summed E-state index contributed by atoms with van der Waals surface area (Å²) >= 11 is 3.49. The van der Waals surface area contributed by atoms with E-state index in [9.17, 15) is 0 Å². The molecule has 1 aliphatic heterocycles. The van der Waals surface area contributed by atoms with E-state index in [1.54, 1.807) is 0 Å². The van der Waals surface area contributed by atoms with Gasteiger partial charge in [0, 0.05) is 18.7 Å². The first-order valence-corrected chi connectivity index (χ1v) is 5.27. The van der Waals surface area contributed by atoms with Crippen LogP contribution in [0.4, 0.5) is 0 Å². The van der Waals surface area contributed by atoms with Gasteiger partial charge in [0.15, 0.2) is 0 Å². The maximum atomic E-state index is 4.50. The number of hydrogen-bond donors (Lipinski definition) is 1. The van der Waals surface area contributed by atoms with E-state index < -0.39 is 0 Å². The third-order valence-electron chi connectivity index (χ3n) is 2.27. The van der Waals surface area contributed by atoms with Crippen LogP contribution in [-0.4, -0.2) is 9.78 Å². The van der Waals surface area contributed by atoms with Crippen LogP contribution >= 0.6 is 15.9 Å². The molecule has 4 heteroatoms. The molecule has 2 rings (SSSR count). The van der Waals surface area contributed by atoms with Crippen molar-refractivity contribution in [3.8, 4) is 0 Å². The van der Waals surface area contributed by atoms with Crippen molar-refractivity contribution in [2.24, 2.45) is 0 Å². The van der Waals surface area contributed by atoms with Crippen molar-refractivity contribution in [3.63, 3.8) is 0 Å². The monoisotopic (exact) mass is 243 g/mol. The third kappa shape index (κ3) is 1.42. The lowest BCUT2D eigenvalue weighted by Gasteiger charge is -2.21. The van der Waals surface area contributed by atoms with Crippen LogP contribution in [0.3, 0.4) is 0 Å². The summed E-state index contributed by atoms with van der Waals surface area (Å²) < 4.78 is 3.09. The lowest BCUT2D eigenvalue weighted by atomic mass is 10.1. The third-order valence-corrected chi connectivity index (χ3v) is 2.91. The van der Waals surface area contributed by atoms with Gasteiger partial charge >= 0.3 is 0 Å². The fourth-order valence-corrected chi connectivity index (χ4v) is 2.20. The summed E-state index contributed by atoms with van der Waals surface area (Å²) in [7, 11) is 0. The van der Waals surface area contributed by atoms with Gasteiger partial charge < -0.3 is 5.32 Å². The van der Waals surface area contributed by atoms with Crippen molar-refractivity contribution < 1.29 is 0 Å². The van der Waals surface area contributed by atoms with Crippen molar-refractivity contribution in [1.29, 1.82) is 0 Å². The van der Waals surface area contributed by atoms with Crippen LogP contribution in [0.1, 0.15) is 32.0 Å². The Bertz CT molecular complexity index is 335. The highest BCUT2D eigenvalue weighted by Gasteiger charge is 2.26. The maximum absolute atomic E-state index is 4.50. The first-order chi connectivity index (χ1) is 6.00. The zero-order valence-electron chi connectivity index (χ0n) is 8.19. The van der Waals surface area contributed by atoms with Gasteiger partial charge in [-0.2, -0.15) is 5.10 Å². The van der Waals surface area contributed by atoms with E-state index in [4.69, 9.17) is 0 Å². The molecule has 1 aliphatic rings. The number of aromatic nitrogens is 2. The van der Waals surface area contributed by atoms with E-state index in [0.717, 1.165) is 17.7 Å². The van der Waals surface area contributed by atoms with Gasteiger partial charge in [-0.25, -0.2) is 0 Å². The van der Waals surface area contributed by atoms with Crippen LogP contribution in [0.2, 0.25) is 0 Å². The van der Waals surface area contributed by atoms with Gasteiger partial charge in [-0.3, -0.25) is 4.68 Å². The Morgan fingerprint density at radius 1 is 1.38 bits per heavy atom. The lowest BCUT2D eigenvalue weighted by molar-refractivity contribution is 0.341. The van der Waals surface area contributed by atoms with E-state index in [-0.39, 0.29) is 5.54 Å². The minimum Gasteiger partial charge on any atom is -0.307 e. The van der Waals surface area contributed by atoms with Gasteiger partial charge in [-0.05, 0) is 36.7 Å². The number of nitrogens with one attached hydrogen (secondary N) is 1. The van der Waals surface area contributed by atoms with Gasteiger partial charge in [-0.1, -0.05) is 0 Å². The van der Waals surface area contributed by atoms with Crippen molar-refractivity contribution in [1.82, 2.24) is 15.1 Å². The molecule has 0 aromatic carbocycles. The standard InChI is InChI=1S/C9H14BrN3/c1-9(2,3)13-7-5-11-4-6(7)8(10)12-13/h11H,4-5H2,1-3H3. The van der Waals surface area contributed by atoms with Gasteiger partial charge in [0.25, 0.3) is 0 Å². The highest BCUT2D eigenvalue weighted by atomic mass is 79.9. The van der Waals surface area contributed by atoms with Crippen LogP contribution in [0.5, 0.6) is 0 Å². The summed E-state index contributed by atoms with van der Waals surface area (Å²) in [6.07, 6.45) is 0. The quantitative estimate of drug-likeness (QED) is 0.756. The summed E-state index contributed by atoms with van der Waals surface area (Å²) in [4.78, 5) is 0. The summed E-state index contributed by atoms with van der Waals surface area (Å²) in [5.74, 6) is 0. The van der Waals surface area contributed by atoms with Crippen LogP contribution < -0.4 is 5.32 Å². The minimum absolute atomic E-state index is 0.0716. The number of nitrogens with zero attached hydrogens (tertiary/aromatic N) is 2. The first kappa shape index (κ1) is 9.21. The molecule has 0 aliphatic carbocycles. The second-order valence-electron chi connectivity index (χ2n) is 4.40. The summed E-state index contributed by atoms with van der Waals surface area (Å²) in [6, 6.07) is 0. The topological polar surface area (TPSA) is 29.9 Å². The second kappa shape index (κ2) is 2.82. The summed E-state index contributed by atoms with van der Waals surface area (Å²) in [5, 5.41) is 7.83. The van der Waals surface area contributed by atoms with Crippen LogP contribution in [0.15, 0.2) is 4.60 Å². The van der Waals surface area contributed by atoms with Gasteiger partial charge in [0.1, 0.15) is 4.60 Å². The largest absolute Gasteiger partial charge is 0.307 e. The summed E-state index contributed by atoms with van der Waals surface area (Å²) in [6.45, 7) is 8.39. The Balaban J connectivity index is 2.55. The predicted octanol–water partition coefficient (Wildman–Crippen LogP) is 2.00. The fourth-order valence-electron chi connectivity index (χ4n) is 1.67. The Morgan fingerprint density at radius 3 is 2.69 bits per heavy atom. The lowest BCUT2D eigenvalue weighted by Crippen LogP contribution is -2.25. The zero-order valence-corrected chi connectivity index (χ0v) is 9.77. The molecule has 72 valence electrons. The first-order valence-electron chi connectivity index (χ1n) is 4.47. The molecule has 0 fully saturated rings. The molecule has 0 radical (unpaired) electrons. The van der Waals surface area contributed by atoms with Crippen molar-refractivity contribution in [3.05, 3.63) is 15.9 Å². The Hall–Kier alpha value is -0.350. The molecule has 0 bridgehead atoms. The van der Waals surface area contributed by atoms with Crippen molar-refractivity contribution in [2.45, 2.75) is 39.4 Å². The van der Waals surface area contributed by atoms with Gasteiger partial charge in [0.05, 0.1) is 11.2 Å². The predicted molar refractivity (Wildman–Crippen MR) is 55.5 cm³/mol. The zero-order chi connectivity index (χ0) is 9.64. The van der Waals surface area contributed by atoms with Gasteiger partial charge in [0.2, 0.25) is 0 Å². The van der Waals surface area contributed by atoms with Crippen molar-refractivity contribution in [2.75, 3.05) is 0 Å². The Kier molecular flexibility index (Phi) is 2.00. The number of hydrogen-bond acceptors (Lipinski definition) is 2. The molecular weight excluding hydrogens is 230 g/mol. The molecule has 0 saturated carbocycles. The molecule has 1 N–H and O–H groups in total. The van der Waals surface area contributed by atoms with Crippen LogP contribution in [0, 0.1) is 0 Å². The molecule has 0 spiro atoms. The summed E-state index contributed by atoms with van der Waals surface area (Å²) in [5.41, 5.74) is 2.71. The molecule has 2 heterocycles. The SMILES string of the molecule is CC(C)(C)n1nc(Br)c2c1CNC2. The number of halogens is 1. The molecule has 0 saturated heterocycles. The fraction of sp³-hybridized carbons (Fsp3) is 0.667. The highest BCUT2D eigenvalue weighted by Crippen LogP contribution is 2.28. The molecule has 0 atom stereocenters. The molecule has 0 unspecified atom stereocenters. The average Bonchev–Trinajstić information content (AvgIpc) is 2.51. The Morgan fingerprint density at radius 2 is 2.08 bits per heavy atom. The Labute approximate surface area is 86.6 Å². The van der Waals surface area contributed by atoms with E-state index in [1.807, 2.05) is 0 Å². The van der Waals surface area contributed by atoms with Crippen LogP contribution in [-0.2, 0) is 18.6 Å². The molecular formula is C9H14BrN3. The smallest absolute Gasteiger partial charge is 0.132 e. The van der Waals surface area contributed by atoms with Crippen molar-refractivity contribution >= 4 is 15.9 Å². The molecule has 1 aromatic rings.